The fraction of sp³-hybridized carbons (Fsp3) is 0. The maximum absolute atomic E-state index is 6.64. The first-order chi connectivity index (χ1) is 28.8. The minimum absolute atomic E-state index is 0.828. The summed E-state index contributed by atoms with van der Waals surface area (Å²) in [6, 6.07) is 73.1. The van der Waals surface area contributed by atoms with Gasteiger partial charge in [-0.05, 0) is 71.3 Å². The highest BCUT2D eigenvalue weighted by Gasteiger charge is 2.23. The summed E-state index contributed by atoms with van der Waals surface area (Å²) in [6.45, 7) is 0. The van der Waals surface area contributed by atoms with Crippen LogP contribution in [-0.4, -0.2) is 4.57 Å². The van der Waals surface area contributed by atoms with Gasteiger partial charge in [0.05, 0.1) is 22.4 Å². The molecular formula is C54H34N2O2. The third kappa shape index (κ3) is 4.95. The van der Waals surface area contributed by atoms with Crippen LogP contribution in [0.5, 0.6) is 0 Å². The van der Waals surface area contributed by atoms with Gasteiger partial charge in [-0.2, -0.15) is 0 Å². The van der Waals surface area contributed by atoms with Crippen molar-refractivity contribution >= 4 is 82.7 Å². The van der Waals surface area contributed by atoms with Crippen LogP contribution in [0, 0.1) is 0 Å². The standard InChI is InChI=1S/C54H34N2O2/c1-2-14-36(15-3-1)40-21-11-22-44-41-18-4-7-25-47(41)56(52(40)44)39-17-10-16-37(34-39)35-30-32-38(33-31-35)55(48-26-12-23-45-42-19-5-8-28-50(42)57-53(45)48)49-27-13-24-46-43-20-6-9-29-51(43)58-54(46)49/h1-34H. The molecule has 0 N–H and O–H groups in total. The fourth-order valence-corrected chi connectivity index (χ4v) is 8.99. The van der Waals surface area contributed by atoms with Crippen LogP contribution in [0.4, 0.5) is 17.1 Å². The van der Waals surface area contributed by atoms with E-state index in [2.05, 4.69) is 191 Å². The molecule has 9 aromatic carbocycles. The first-order valence-electron chi connectivity index (χ1n) is 19.7. The van der Waals surface area contributed by atoms with Gasteiger partial charge in [0.1, 0.15) is 11.2 Å². The highest BCUT2D eigenvalue weighted by molar-refractivity contribution is 6.15. The van der Waals surface area contributed by atoms with E-state index in [0.717, 1.165) is 77.8 Å². The maximum Gasteiger partial charge on any atom is 0.159 e. The van der Waals surface area contributed by atoms with Crippen molar-refractivity contribution in [3.05, 3.63) is 206 Å². The molecule has 0 saturated heterocycles. The van der Waals surface area contributed by atoms with Crippen LogP contribution in [0.2, 0.25) is 0 Å². The Balaban J connectivity index is 1.02. The molecule has 3 aromatic heterocycles. The number of nitrogens with zero attached hydrogens (tertiary/aromatic N) is 2. The lowest BCUT2D eigenvalue weighted by molar-refractivity contribution is 0.666. The Morgan fingerprint density at radius 3 is 1.59 bits per heavy atom. The van der Waals surface area contributed by atoms with Crippen molar-refractivity contribution in [2.45, 2.75) is 0 Å². The smallest absolute Gasteiger partial charge is 0.159 e. The number of rotatable bonds is 6. The molecule has 0 aliphatic carbocycles. The van der Waals surface area contributed by atoms with Crippen molar-refractivity contribution in [2.75, 3.05) is 4.90 Å². The number of benzene rings is 9. The number of aromatic nitrogens is 1. The van der Waals surface area contributed by atoms with Crippen LogP contribution >= 0.6 is 0 Å². The highest BCUT2D eigenvalue weighted by Crippen LogP contribution is 2.46. The van der Waals surface area contributed by atoms with Gasteiger partial charge < -0.3 is 18.3 Å². The number of hydrogen-bond donors (Lipinski definition) is 0. The zero-order valence-corrected chi connectivity index (χ0v) is 31.3. The van der Waals surface area contributed by atoms with E-state index in [1.807, 2.05) is 24.3 Å². The first-order valence-corrected chi connectivity index (χ1v) is 19.7. The summed E-state index contributed by atoms with van der Waals surface area (Å²) in [5.41, 5.74) is 14.4. The Kier molecular flexibility index (Phi) is 7.20. The summed E-state index contributed by atoms with van der Waals surface area (Å²) in [4.78, 5) is 2.28. The van der Waals surface area contributed by atoms with Crippen LogP contribution in [0.15, 0.2) is 215 Å². The maximum atomic E-state index is 6.64. The predicted octanol–water partition coefficient (Wildman–Crippen LogP) is 15.4. The quantitative estimate of drug-likeness (QED) is 0.170. The molecule has 3 heterocycles. The normalized spacial score (nSPS) is 11.8. The van der Waals surface area contributed by atoms with Crippen LogP contribution in [0.3, 0.4) is 0 Å². The van der Waals surface area contributed by atoms with Gasteiger partial charge in [-0.1, -0.05) is 152 Å². The molecular weight excluding hydrogens is 709 g/mol. The van der Waals surface area contributed by atoms with Crippen molar-refractivity contribution in [1.82, 2.24) is 4.57 Å². The Labute approximate surface area is 334 Å². The lowest BCUT2D eigenvalue weighted by Crippen LogP contribution is -2.10. The summed E-state index contributed by atoms with van der Waals surface area (Å²) < 4.78 is 15.7. The van der Waals surface area contributed by atoms with E-state index in [9.17, 15) is 0 Å². The lowest BCUT2D eigenvalue weighted by Gasteiger charge is -2.25. The largest absolute Gasteiger partial charge is 0.454 e. The Bertz CT molecular complexity index is 3400. The number of hydrogen-bond acceptors (Lipinski definition) is 3. The topological polar surface area (TPSA) is 34.5 Å². The molecule has 0 aliphatic heterocycles. The molecule has 12 aromatic rings. The van der Waals surface area contributed by atoms with E-state index in [-0.39, 0.29) is 0 Å². The van der Waals surface area contributed by atoms with E-state index in [1.165, 1.54) is 32.9 Å². The van der Waals surface area contributed by atoms with Gasteiger partial charge in [-0.15, -0.1) is 0 Å². The summed E-state index contributed by atoms with van der Waals surface area (Å²) in [5.74, 6) is 0. The van der Waals surface area contributed by atoms with Gasteiger partial charge in [0.15, 0.2) is 11.2 Å². The highest BCUT2D eigenvalue weighted by atomic mass is 16.3. The molecule has 0 atom stereocenters. The number of fused-ring (bicyclic) bond motifs is 9. The van der Waals surface area contributed by atoms with E-state index in [1.54, 1.807) is 0 Å². The SMILES string of the molecule is c1ccc(-c2cccc3c4ccccc4n(-c4cccc(-c5ccc(N(c6cccc7c6oc6ccccc67)c6cccc7c6oc6ccccc67)cc5)c4)c23)cc1. The van der Waals surface area contributed by atoms with Gasteiger partial charge in [0, 0.05) is 49.3 Å². The molecule has 0 fully saturated rings. The average Bonchev–Trinajstić information content (AvgIpc) is 3.98. The monoisotopic (exact) mass is 742 g/mol. The molecule has 272 valence electrons. The molecule has 0 amide bonds. The molecule has 4 heteroatoms. The van der Waals surface area contributed by atoms with Crippen LogP contribution in [0.1, 0.15) is 0 Å². The van der Waals surface area contributed by atoms with Crippen LogP contribution < -0.4 is 4.90 Å². The number of anilines is 3. The van der Waals surface area contributed by atoms with E-state index in [0.29, 0.717) is 0 Å². The molecule has 4 nitrogen and oxygen atoms in total. The summed E-state index contributed by atoms with van der Waals surface area (Å²) in [5, 5.41) is 6.81. The molecule has 0 unspecified atom stereocenters. The molecule has 12 rings (SSSR count). The number of furan rings is 2. The Morgan fingerprint density at radius 1 is 0.362 bits per heavy atom. The minimum atomic E-state index is 0.828. The van der Waals surface area contributed by atoms with Crippen molar-refractivity contribution in [2.24, 2.45) is 0 Å². The fourth-order valence-electron chi connectivity index (χ4n) is 8.99. The minimum Gasteiger partial charge on any atom is -0.454 e. The zero-order chi connectivity index (χ0) is 38.2. The van der Waals surface area contributed by atoms with E-state index < -0.39 is 0 Å². The number of para-hydroxylation sites is 6. The lowest BCUT2D eigenvalue weighted by atomic mass is 10.0. The summed E-state index contributed by atoms with van der Waals surface area (Å²) >= 11 is 0. The Hall–Kier alpha value is -7.82. The molecule has 0 bridgehead atoms. The third-order valence-electron chi connectivity index (χ3n) is 11.6. The van der Waals surface area contributed by atoms with Gasteiger partial charge in [-0.3, -0.25) is 0 Å². The van der Waals surface area contributed by atoms with Gasteiger partial charge in [0.25, 0.3) is 0 Å². The molecule has 0 aliphatic rings. The second-order valence-electron chi connectivity index (χ2n) is 14.9. The second kappa shape index (κ2) is 12.9. The van der Waals surface area contributed by atoms with Gasteiger partial charge in [-0.25, -0.2) is 0 Å². The molecule has 58 heavy (non-hydrogen) atoms. The van der Waals surface area contributed by atoms with Crippen molar-refractivity contribution in [1.29, 1.82) is 0 Å². The zero-order valence-electron chi connectivity index (χ0n) is 31.3. The van der Waals surface area contributed by atoms with E-state index >= 15 is 0 Å². The molecule has 0 spiro atoms. The molecule has 0 radical (unpaired) electrons. The Morgan fingerprint density at radius 2 is 0.897 bits per heavy atom. The third-order valence-corrected chi connectivity index (χ3v) is 11.6. The molecule has 0 saturated carbocycles. The van der Waals surface area contributed by atoms with Gasteiger partial charge in [0.2, 0.25) is 0 Å². The van der Waals surface area contributed by atoms with Crippen molar-refractivity contribution in [3.8, 4) is 27.9 Å². The first kappa shape index (κ1) is 32.4. The summed E-state index contributed by atoms with van der Waals surface area (Å²) in [6.07, 6.45) is 0. The van der Waals surface area contributed by atoms with Crippen molar-refractivity contribution < 1.29 is 8.83 Å². The van der Waals surface area contributed by atoms with Crippen LogP contribution in [-0.2, 0) is 0 Å². The van der Waals surface area contributed by atoms with E-state index in [4.69, 9.17) is 8.83 Å². The van der Waals surface area contributed by atoms with Crippen LogP contribution in [0.25, 0.3) is 93.6 Å². The average molecular weight is 743 g/mol. The predicted molar refractivity (Wildman–Crippen MR) is 241 cm³/mol. The second-order valence-corrected chi connectivity index (χ2v) is 14.9. The van der Waals surface area contributed by atoms with Crippen molar-refractivity contribution in [3.63, 3.8) is 0 Å². The van der Waals surface area contributed by atoms with Gasteiger partial charge >= 0.3 is 0 Å². The summed E-state index contributed by atoms with van der Waals surface area (Å²) in [7, 11) is 0.